The highest BCUT2D eigenvalue weighted by molar-refractivity contribution is 14.2. The minimum absolute atomic E-state index is 0.256. The fourth-order valence-electron chi connectivity index (χ4n) is 2.60. The van der Waals surface area contributed by atoms with Crippen molar-refractivity contribution in [2.75, 3.05) is 0 Å². The van der Waals surface area contributed by atoms with Gasteiger partial charge in [-0.3, -0.25) is 0 Å². The maximum atomic E-state index is 14.4. The number of halogens is 2. The van der Waals surface area contributed by atoms with E-state index in [1.54, 1.807) is 17.6 Å². The van der Waals surface area contributed by atoms with Crippen LogP contribution in [0.2, 0.25) is 0 Å². The van der Waals surface area contributed by atoms with E-state index in [9.17, 15) is 4.39 Å². The van der Waals surface area contributed by atoms with Crippen LogP contribution in [0, 0.1) is 12.7 Å². The fraction of sp³-hybridized carbons (Fsp3) is 0.500. The van der Waals surface area contributed by atoms with Gasteiger partial charge in [0.2, 0.25) is 0 Å². The second-order valence-electron chi connectivity index (χ2n) is 6.56. The zero-order valence-corrected chi connectivity index (χ0v) is 16.4. The van der Waals surface area contributed by atoms with E-state index in [1.807, 2.05) is 27.7 Å². The van der Waals surface area contributed by atoms with Gasteiger partial charge in [0.1, 0.15) is 5.82 Å². The third kappa shape index (κ3) is 2.41. The first-order chi connectivity index (χ1) is 10.2. The Morgan fingerprint density at radius 3 is 2.41 bits per heavy atom. The molecule has 8 heteroatoms. The SMILES string of the molecule is Cc1c(F)cc2c(cnn2PI)c1B1OC(C)(C)C(C)(C)O1. The number of aromatic nitrogens is 2. The molecular weight excluding hydrogens is 416 g/mol. The van der Waals surface area contributed by atoms with E-state index in [2.05, 4.69) is 27.1 Å². The van der Waals surface area contributed by atoms with E-state index < -0.39 is 18.3 Å². The van der Waals surface area contributed by atoms with E-state index >= 15 is 0 Å². The van der Waals surface area contributed by atoms with E-state index in [0.29, 0.717) is 11.9 Å². The lowest BCUT2D eigenvalue weighted by atomic mass is 9.74. The van der Waals surface area contributed by atoms with E-state index in [4.69, 9.17) is 9.31 Å². The van der Waals surface area contributed by atoms with Crippen molar-refractivity contribution < 1.29 is 13.7 Å². The predicted octanol–water partition coefficient (Wildman–Crippen LogP) is 3.57. The van der Waals surface area contributed by atoms with Crippen LogP contribution in [0.4, 0.5) is 4.39 Å². The summed E-state index contributed by atoms with van der Waals surface area (Å²) in [6.07, 6.45) is 2.18. The van der Waals surface area contributed by atoms with Crippen molar-refractivity contribution in [3.8, 4) is 0 Å². The molecule has 1 saturated heterocycles. The highest BCUT2D eigenvalue weighted by Gasteiger charge is 2.52. The van der Waals surface area contributed by atoms with Crippen LogP contribution in [-0.2, 0) is 9.31 Å². The standard InChI is InChI=1S/C14H18BFIN2O2P/c1-8-10(16)6-11-9(7-18-19(11)22-17)12(8)15-20-13(2,3)14(4,5)21-15/h6-7,22H,1-5H3. The molecule has 0 bridgehead atoms. The summed E-state index contributed by atoms with van der Waals surface area (Å²) in [5.74, 6) is -0.256. The number of rotatable bonds is 2. The summed E-state index contributed by atoms with van der Waals surface area (Å²) in [6, 6.07) is 1.54. The summed E-state index contributed by atoms with van der Waals surface area (Å²) in [4.78, 5) is 0. The van der Waals surface area contributed by atoms with Gasteiger partial charge in [0.25, 0.3) is 0 Å². The largest absolute Gasteiger partial charge is 0.495 e. The zero-order chi connectivity index (χ0) is 16.3. The van der Waals surface area contributed by atoms with Gasteiger partial charge in [-0.2, -0.15) is 5.10 Å². The summed E-state index contributed by atoms with van der Waals surface area (Å²) in [7, 11) is -0.585. The summed E-state index contributed by atoms with van der Waals surface area (Å²) in [6.45, 7) is 9.74. The molecule has 2 aromatic rings. The van der Waals surface area contributed by atoms with Gasteiger partial charge in [-0.1, -0.05) is 0 Å². The molecule has 1 unspecified atom stereocenters. The molecule has 1 fully saturated rings. The Bertz CT molecular complexity index is 734. The zero-order valence-electron chi connectivity index (χ0n) is 13.2. The van der Waals surface area contributed by atoms with Gasteiger partial charge in [0, 0.05) is 11.5 Å². The molecule has 1 aromatic carbocycles. The molecule has 1 aliphatic heterocycles. The third-order valence-electron chi connectivity index (χ3n) is 4.69. The van der Waals surface area contributed by atoms with E-state index in [0.717, 1.165) is 16.4 Å². The molecule has 1 aromatic heterocycles. The number of hydrogen-bond acceptors (Lipinski definition) is 3. The van der Waals surface area contributed by atoms with Gasteiger partial charge in [-0.05, 0) is 67.7 Å². The highest BCUT2D eigenvalue weighted by Crippen LogP contribution is 2.38. The first-order valence-corrected chi connectivity index (χ1v) is 11.1. The van der Waals surface area contributed by atoms with Gasteiger partial charge in [0.05, 0.1) is 29.3 Å². The summed E-state index contributed by atoms with van der Waals surface area (Å²) < 4.78 is 28.4. The van der Waals surface area contributed by atoms with Crippen LogP contribution in [0.25, 0.3) is 10.9 Å². The summed E-state index contributed by atoms with van der Waals surface area (Å²) in [5, 5.41) is 5.23. The Hall–Kier alpha value is -0.235. The van der Waals surface area contributed by atoms with Gasteiger partial charge >= 0.3 is 7.12 Å². The second-order valence-corrected chi connectivity index (χ2v) is 8.60. The van der Waals surface area contributed by atoms with Gasteiger partial charge in [0.15, 0.2) is 0 Å². The first-order valence-electron chi connectivity index (χ1n) is 7.07. The molecule has 4 nitrogen and oxygen atoms in total. The maximum Gasteiger partial charge on any atom is 0.495 e. The molecule has 22 heavy (non-hydrogen) atoms. The van der Waals surface area contributed by atoms with Crippen molar-refractivity contribution in [1.29, 1.82) is 0 Å². The molecule has 3 rings (SSSR count). The molecule has 0 saturated carbocycles. The molecular formula is C14H18BFIN2O2P. The topological polar surface area (TPSA) is 36.3 Å². The Kier molecular flexibility index (Phi) is 4.08. The van der Waals surface area contributed by atoms with E-state index in [-0.39, 0.29) is 5.82 Å². The van der Waals surface area contributed by atoms with Gasteiger partial charge in [-0.15, -0.1) is 0 Å². The summed E-state index contributed by atoms with van der Waals surface area (Å²) in [5.41, 5.74) is 1.17. The van der Waals surface area contributed by atoms with Crippen molar-refractivity contribution in [2.45, 2.75) is 45.8 Å². The molecule has 0 aliphatic carbocycles. The lowest BCUT2D eigenvalue weighted by molar-refractivity contribution is 0.00578. The van der Waals surface area contributed by atoms with Crippen LogP contribution in [0.1, 0.15) is 33.3 Å². The number of fused-ring (bicyclic) bond motifs is 1. The van der Waals surface area contributed by atoms with Crippen LogP contribution >= 0.6 is 28.4 Å². The van der Waals surface area contributed by atoms with Crippen molar-refractivity contribution in [1.82, 2.24) is 9.55 Å². The van der Waals surface area contributed by atoms with Crippen molar-refractivity contribution in [3.05, 3.63) is 23.6 Å². The molecule has 118 valence electrons. The Morgan fingerprint density at radius 2 is 1.86 bits per heavy atom. The fourth-order valence-corrected chi connectivity index (χ4v) is 4.13. The summed E-state index contributed by atoms with van der Waals surface area (Å²) >= 11 is 2.23. The van der Waals surface area contributed by atoms with Crippen molar-refractivity contribution in [3.63, 3.8) is 0 Å². The monoisotopic (exact) mass is 434 g/mol. The molecule has 0 radical (unpaired) electrons. The lowest BCUT2D eigenvalue weighted by Crippen LogP contribution is -2.41. The molecule has 0 amide bonds. The van der Waals surface area contributed by atoms with E-state index in [1.165, 1.54) is 6.07 Å². The Labute approximate surface area is 144 Å². The van der Waals surface area contributed by atoms with Crippen LogP contribution in [0.3, 0.4) is 0 Å². The Morgan fingerprint density at radius 1 is 1.27 bits per heavy atom. The van der Waals surface area contributed by atoms with Crippen LogP contribution in [0.15, 0.2) is 12.3 Å². The van der Waals surface area contributed by atoms with Crippen LogP contribution in [0.5, 0.6) is 0 Å². The molecule has 0 spiro atoms. The minimum atomic E-state index is -0.585. The minimum Gasteiger partial charge on any atom is -0.399 e. The normalized spacial score (nSPS) is 20.6. The first kappa shape index (κ1) is 16.6. The lowest BCUT2D eigenvalue weighted by Gasteiger charge is -2.32. The Balaban J connectivity index is 2.19. The third-order valence-corrected chi connectivity index (χ3v) is 6.58. The van der Waals surface area contributed by atoms with Crippen molar-refractivity contribution in [2.24, 2.45) is 0 Å². The second kappa shape index (κ2) is 5.40. The molecule has 1 aliphatic rings. The number of benzene rings is 1. The molecule has 0 N–H and O–H groups in total. The number of nitrogens with zero attached hydrogens (tertiary/aromatic N) is 2. The smallest absolute Gasteiger partial charge is 0.399 e. The van der Waals surface area contributed by atoms with Crippen LogP contribution < -0.4 is 5.46 Å². The highest BCUT2D eigenvalue weighted by atomic mass is 127. The average Bonchev–Trinajstić information content (AvgIpc) is 2.89. The predicted molar refractivity (Wildman–Crippen MR) is 97.9 cm³/mol. The van der Waals surface area contributed by atoms with Gasteiger partial charge in [-0.25, -0.2) is 8.84 Å². The number of hydrogen-bond donors (Lipinski definition) is 0. The van der Waals surface area contributed by atoms with Crippen molar-refractivity contribution >= 4 is 51.9 Å². The molecule has 2 heterocycles. The molecule has 1 atom stereocenters. The average molecular weight is 434 g/mol. The van der Waals surface area contributed by atoms with Crippen LogP contribution in [-0.4, -0.2) is 27.9 Å². The quantitative estimate of drug-likeness (QED) is 0.412. The maximum absolute atomic E-state index is 14.4. The van der Waals surface area contributed by atoms with Gasteiger partial charge < -0.3 is 9.31 Å².